The zero-order chi connectivity index (χ0) is 21.2. The van der Waals surface area contributed by atoms with Gasteiger partial charge >= 0.3 is 6.09 Å². The van der Waals surface area contributed by atoms with Crippen molar-refractivity contribution >= 4 is 33.5 Å². The van der Waals surface area contributed by atoms with Gasteiger partial charge < -0.3 is 9.72 Å². The molecule has 5 heteroatoms. The summed E-state index contributed by atoms with van der Waals surface area (Å²) in [5.74, 6) is 0. The van der Waals surface area contributed by atoms with E-state index in [1.54, 1.807) is 0 Å². The maximum absolute atomic E-state index is 11.7. The fourth-order valence-corrected chi connectivity index (χ4v) is 4.04. The molecule has 1 aromatic heterocycles. The highest BCUT2D eigenvalue weighted by atomic mass is 16.5. The van der Waals surface area contributed by atoms with Gasteiger partial charge in [-0.25, -0.2) is 10.2 Å². The van der Waals surface area contributed by atoms with E-state index in [9.17, 15) is 4.79 Å². The van der Waals surface area contributed by atoms with Crippen LogP contribution < -0.4 is 10.9 Å². The van der Waals surface area contributed by atoms with E-state index in [1.807, 2.05) is 54.6 Å². The molecule has 0 aliphatic carbocycles. The van der Waals surface area contributed by atoms with E-state index in [2.05, 4.69) is 52.2 Å². The van der Waals surface area contributed by atoms with E-state index < -0.39 is 6.09 Å². The molecule has 0 unspecified atom stereocenters. The number of methoxy groups -OCH3 is 1. The zero-order valence-corrected chi connectivity index (χ0v) is 17.0. The number of rotatable bonds is 4. The molecule has 0 saturated heterocycles. The van der Waals surface area contributed by atoms with Gasteiger partial charge in [0, 0.05) is 22.0 Å². The molecule has 3 N–H and O–H groups in total. The Kier molecular flexibility index (Phi) is 4.77. The Bertz CT molecular complexity index is 1390. The van der Waals surface area contributed by atoms with Gasteiger partial charge in [0.2, 0.25) is 0 Å². The molecule has 4 aromatic carbocycles. The average molecular weight is 407 g/mol. The number of carbonyl (C=O) groups excluding carboxylic acids is 1. The molecule has 0 saturated carbocycles. The molecule has 31 heavy (non-hydrogen) atoms. The summed E-state index contributed by atoms with van der Waals surface area (Å²) in [5.41, 5.74) is 11.7. The van der Waals surface area contributed by atoms with Crippen molar-refractivity contribution in [3.8, 4) is 22.4 Å². The van der Waals surface area contributed by atoms with Crippen LogP contribution in [0.5, 0.6) is 0 Å². The maximum atomic E-state index is 11.7. The third-order valence-electron chi connectivity index (χ3n) is 5.43. The van der Waals surface area contributed by atoms with E-state index in [0.29, 0.717) is 0 Å². The van der Waals surface area contributed by atoms with E-state index >= 15 is 0 Å². The Morgan fingerprint density at radius 2 is 1.48 bits per heavy atom. The van der Waals surface area contributed by atoms with E-state index in [1.165, 1.54) is 7.11 Å². The predicted molar refractivity (Wildman–Crippen MR) is 126 cm³/mol. The largest absolute Gasteiger partial charge is 0.452 e. The van der Waals surface area contributed by atoms with Crippen LogP contribution in [0.4, 0.5) is 10.5 Å². The van der Waals surface area contributed by atoms with Crippen LogP contribution in [0.25, 0.3) is 44.1 Å². The monoisotopic (exact) mass is 407 g/mol. The summed E-state index contributed by atoms with van der Waals surface area (Å²) in [4.78, 5) is 15.4. The number of carbonyl (C=O) groups is 1. The molecule has 0 atom stereocenters. The lowest BCUT2D eigenvalue weighted by Crippen LogP contribution is -2.29. The van der Waals surface area contributed by atoms with Crippen LogP contribution in [0.15, 0.2) is 91.0 Å². The predicted octanol–water partition coefficient (Wildman–Crippen LogP) is 6.34. The number of anilines is 1. The molecule has 152 valence electrons. The smallest absolute Gasteiger partial charge is 0.425 e. The Morgan fingerprint density at radius 1 is 0.774 bits per heavy atom. The second-order valence-corrected chi connectivity index (χ2v) is 7.24. The Hall–Kier alpha value is -4.25. The van der Waals surface area contributed by atoms with Crippen LogP contribution in [0.2, 0.25) is 0 Å². The van der Waals surface area contributed by atoms with Crippen molar-refractivity contribution < 1.29 is 9.53 Å². The van der Waals surface area contributed by atoms with Crippen LogP contribution in [-0.2, 0) is 4.74 Å². The highest BCUT2D eigenvalue weighted by Gasteiger charge is 2.20. The number of fused-ring (bicyclic) bond motifs is 2. The van der Waals surface area contributed by atoms with Crippen LogP contribution >= 0.6 is 0 Å². The lowest BCUT2D eigenvalue weighted by atomic mass is 9.92. The van der Waals surface area contributed by atoms with Crippen molar-refractivity contribution in [3.63, 3.8) is 0 Å². The van der Waals surface area contributed by atoms with Crippen molar-refractivity contribution in [2.75, 3.05) is 12.5 Å². The second kappa shape index (κ2) is 7.88. The number of aromatic nitrogens is 1. The van der Waals surface area contributed by atoms with E-state index in [-0.39, 0.29) is 0 Å². The third kappa shape index (κ3) is 3.36. The van der Waals surface area contributed by atoms with Gasteiger partial charge in [-0.1, -0.05) is 78.9 Å². The molecule has 5 nitrogen and oxygen atoms in total. The van der Waals surface area contributed by atoms with Gasteiger partial charge in [-0.3, -0.25) is 5.43 Å². The van der Waals surface area contributed by atoms with Crippen LogP contribution in [0, 0.1) is 0 Å². The number of hydrogen-bond acceptors (Lipinski definition) is 3. The Morgan fingerprint density at radius 3 is 2.29 bits per heavy atom. The van der Waals surface area contributed by atoms with Crippen molar-refractivity contribution in [1.29, 1.82) is 0 Å². The lowest BCUT2D eigenvalue weighted by Gasteiger charge is -2.17. The molecule has 0 aliphatic heterocycles. The minimum absolute atomic E-state index is 0.554. The van der Waals surface area contributed by atoms with Gasteiger partial charge in [0.05, 0.1) is 18.5 Å². The molecular weight excluding hydrogens is 386 g/mol. The van der Waals surface area contributed by atoms with Crippen molar-refractivity contribution in [2.45, 2.75) is 0 Å². The molecule has 0 spiro atoms. The number of nitrogens with one attached hydrogen (secondary N) is 3. The number of benzene rings is 4. The summed E-state index contributed by atoms with van der Waals surface area (Å²) in [5, 5.41) is 3.31. The number of ether oxygens (including phenoxy) is 1. The normalized spacial score (nSPS) is 10.9. The minimum Gasteiger partial charge on any atom is -0.452 e. The molecular formula is C26H21N3O2. The quantitative estimate of drug-likeness (QED) is 0.305. The van der Waals surface area contributed by atoms with Crippen LogP contribution in [-0.4, -0.2) is 18.2 Å². The van der Waals surface area contributed by atoms with E-state index in [0.717, 1.165) is 49.7 Å². The summed E-state index contributed by atoms with van der Waals surface area (Å²) in [7, 11) is 1.34. The summed E-state index contributed by atoms with van der Waals surface area (Å²) in [6.07, 6.45) is -0.554. The summed E-state index contributed by atoms with van der Waals surface area (Å²) in [6, 6.07) is 30.8. The summed E-state index contributed by atoms with van der Waals surface area (Å²) in [6.45, 7) is 0. The molecule has 5 rings (SSSR count). The van der Waals surface area contributed by atoms with Gasteiger partial charge in [-0.05, 0) is 28.5 Å². The number of aromatic amines is 1. The number of H-pyrrole nitrogens is 1. The molecule has 0 radical (unpaired) electrons. The highest BCUT2D eigenvalue weighted by Crippen LogP contribution is 2.44. The maximum Gasteiger partial charge on any atom is 0.425 e. The number of para-hydroxylation sites is 1. The standard InChI is InChI=1S/C26H21N3O2/c1-31-26(30)29-28-22-16-15-17-9-5-6-12-19(17)23(22)24-20-13-7-8-14-21(20)27-25(24)18-10-3-2-4-11-18/h2-16,27-28H,1H3,(H,29,30). The minimum atomic E-state index is -0.554. The van der Waals surface area contributed by atoms with Gasteiger partial charge in [-0.15, -0.1) is 0 Å². The SMILES string of the molecule is COC(=O)NNc1ccc2ccccc2c1-c1c(-c2ccccc2)[nH]c2ccccc12. The first-order valence-corrected chi connectivity index (χ1v) is 10.0. The van der Waals surface area contributed by atoms with Gasteiger partial charge in [0.1, 0.15) is 0 Å². The molecule has 1 amide bonds. The number of hydrogen-bond donors (Lipinski definition) is 3. The first kappa shape index (κ1) is 18.8. The summed E-state index contributed by atoms with van der Waals surface area (Å²) < 4.78 is 4.73. The van der Waals surface area contributed by atoms with Gasteiger partial charge in [-0.2, -0.15) is 0 Å². The fourth-order valence-electron chi connectivity index (χ4n) is 4.04. The first-order chi connectivity index (χ1) is 15.3. The zero-order valence-electron chi connectivity index (χ0n) is 17.0. The number of hydrazine groups is 1. The lowest BCUT2D eigenvalue weighted by molar-refractivity contribution is 0.173. The highest BCUT2D eigenvalue weighted by molar-refractivity contribution is 6.14. The fraction of sp³-hybridized carbons (Fsp3) is 0.0385. The van der Waals surface area contributed by atoms with Crippen molar-refractivity contribution in [3.05, 3.63) is 91.0 Å². The first-order valence-electron chi connectivity index (χ1n) is 10.0. The van der Waals surface area contributed by atoms with E-state index in [4.69, 9.17) is 4.74 Å². The van der Waals surface area contributed by atoms with Crippen molar-refractivity contribution in [1.82, 2.24) is 10.4 Å². The third-order valence-corrected chi connectivity index (χ3v) is 5.43. The van der Waals surface area contributed by atoms with Gasteiger partial charge in [0.15, 0.2) is 0 Å². The summed E-state index contributed by atoms with van der Waals surface area (Å²) >= 11 is 0. The van der Waals surface area contributed by atoms with Crippen LogP contribution in [0.3, 0.4) is 0 Å². The molecule has 0 fully saturated rings. The Balaban J connectivity index is 1.84. The average Bonchev–Trinajstić information content (AvgIpc) is 3.22. The number of amides is 1. The molecule has 0 aliphatic rings. The molecule has 1 heterocycles. The topological polar surface area (TPSA) is 66.2 Å². The molecule has 0 bridgehead atoms. The van der Waals surface area contributed by atoms with Crippen molar-refractivity contribution in [2.24, 2.45) is 0 Å². The van der Waals surface area contributed by atoms with Gasteiger partial charge in [0.25, 0.3) is 0 Å². The second-order valence-electron chi connectivity index (χ2n) is 7.24. The van der Waals surface area contributed by atoms with Crippen LogP contribution in [0.1, 0.15) is 0 Å². The molecule has 5 aromatic rings. The Labute approximate surface area is 179 Å².